The van der Waals surface area contributed by atoms with Crippen LogP contribution in [0.15, 0.2) is 53.9 Å². The highest BCUT2D eigenvalue weighted by molar-refractivity contribution is 6.07. The van der Waals surface area contributed by atoms with E-state index in [0.29, 0.717) is 5.56 Å². The molecule has 0 saturated carbocycles. The number of ether oxygens (including phenoxy) is 2. The van der Waals surface area contributed by atoms with Gasteiger partial charge < -0.3 is 14.8 Å². The molecule has 0 heterocycles. The van der Waals surface area contributed by atoms with Gasteiger partial charge >= 0.3 is 11.9 Å². The van der Waals surface area contributed by atoms with E-state index in [9.17, 15) is 19.2 Å². The van der Waals surface area contributed by atoms with Crippen LogP contribution in [0.3, 0.4) is 0 Å². The number of methoxy groups -OCH3 is 2. The van der Waals surface area contributed by atoms with Gasteiger partial charge in [-0.1, -0.05) is 18.2 Å². The van der Waals surface area contributed by atoms with Gasteiger partial charge in [-0.15, -0.1) is 0 Å². The molecule has 0 bridgehead atoms. The number of carbonyl (C=O) groups is 4. The third kappa shape index (κ3) is 5.90. The van der Waals surface area contributed by atoms with E-state index in [0.717, 1.165) is 31.3 Å². The summed E-state index contributed by atoms with van der Waals surface area (Å²) in [6.07, 6.45) is 2.02. The Balaban J connectivity index is 2.91. The van der Waals surface area contributed by atoms with Crippen LogP contribution in [0, 0.1) is 0 Å². The van der Waals surface area contributed by atoms with Gasteiger partial charge in [0.2, 0.25) is 0 Å². The lowest BCUT2D eigenvalue weighted by molar-refractivity contribution is -0.138. The molecule has 2 amide bonds. The maximum absolute atomic E-state index is 12.2. The number of esters is 2. The fraction of sp³-hybridized carbons (Fsp3) is 0.222. The average molecular weight is 360 g/mol. The van der Waals surface area contributed by atoms with Gasteiger partial charge in [0.1, 0.15) is 5.70 Å². The summed E-state index contributed by atoms with van der Waals surface area (Å²) in [7, 11) is 3.64. The Bertz CT molecular complexity index is 752. The first kappa shape index (κ1) is 20.6. The SMILES string of the molecule is COC(=O)/C=C(/N/C(C)=C\C(=O)N(C)C(=O)c1ccccc1)C(=O)OC. The maximum Gasteiger partial charge on any atom is 0.354 e. The van der Waals surface area contributed by atoms with Crippen LogP contribution < -0.4 is 5.32 Å². The number of carbonyl (C=O) groups excluding carboxylic acids is 4. The molecule has 8 heteroatoms. The van der Waals surface area contributed by atoms with Crippen LogP contribution in [0.2, 0.25) is 0 Å². The lowest BCUT2D eigenvalue weighted by Crippen LogP contribution is -2.32. The quantitative estimate of drug-likeness (QED) is 0.596. The topological polar surface area (TPSA) is 102 Å². The van der Waals surface area contributed by atoms with Gasteiger partial charge in [0.25, 0.3) is 11.8 Å². The van der Waals surface area contributed by atoms with Crippen molar-refractivity contribution < 1.29 is 28.7 Å². The van der Waals surface area contributed by atoms with Crippen molar-refractivity contribution in [1.82, 2.24) is 10.2 Å². The molecule has 0 fully saturated rings. The van der Waals surface area contributed by atoms with Crippen LogP contribution in [0.4, 0.5) is 0 Å². The van der Waals surface area contributed by atoms with Crippen molar-refractivity contribution in [3.63, 3.8) is 0 Å². The zero-order chi connectivity index (χ0) is 19.7. The van der Waals surface area contributed by atoms with Crippen LogP contribution >= 0.6 is 0 Å². The van der Waals surface area contributed by atoms with E-state index in [1.54, 1.807) is 30.3 Å². The van der Waals surface area contributed by atoms with Crippen LogP contribution in [0.5, 0.6) is 0 Å². The third-order valence-electron chi connectivity index (χ3n) is 3.20. The zero-order valence-electron chi connectivity index (χ0n) is 14.9. The summed E-state index contributed by atoms with van der Waals surface area (Å²) >= 11 is 0. The molecule has 0 aliphatic carbocycles. The van der Waals surface area contributed by atoms with E-state index in [2.05, 4.69) is 14.8 Å². The third-order valence-corrected chi connectivity index (χ3v) is 3.20. The molecule has 0 saturated heterocycles. The predicted octanol–water partition coefficient (Wildman–Crippen LogP) is 1.01. The fourth-order valence-electron chi connectivity index (χ4n) is 1.84. The van der Waals surface area contributed by atoms with Crippen LogP contribution in [0.25, 0.3) is 0 Å². The van der Waals surface area contributed by atoms with Crippen molar-refractivity contribution in [3.8, 4) is 0 Å². The smallest absolute Gasteiger partial charge is 0.354 e. The Morgan fingerprint density at radius 3 is 2.15 bits per heavy atom. The Morgan fingerprint density at radius 2 is 1.62 bits per heavy atom. The molecule has 26 heavy (non-hydrogen) atoms. The highest BCUT2D eigenvalue weighted by Gasteiger charge is 2.18. The normalized spacial score (nSPS) is 11.4. The maximum atomic E-state index is 12.2. The van der Waals surface area contributed by atoms with Crippen molar-refractivity contribution in [3.05, 3.63) is 59.4 Å². The number of rotatable bonds is 6. The van der Waals surface area contributed by atoms with Gasteiger partial charge in [0.15, 0.2) is 0 Å². The molecule has 138 valence electrons. The Morgan fingerprint density at radius 1 is 1.00 bits per heavy atom. The molecular weight excluding hydrogens is 340 g/mol. The number of allylic oxidation sites excluding steroid dienone is 1. The number of hydrogen-bond acceptors (Lipinski definition) is 7. The largest absolute Gasteiger partial charge is 0.466 e. The first-order valence-corrected chi connectivity index (χ1v) is 7.50. The molecule has 1 N–H and O–H groups in total. The summed E-state index contributed by atoms with van der Waals surface area (Å²) in [5.74, 6) is -2.67. The van der Waals surface area contributed by atoms with Crippen molar-refractivity contribution >= 4 is 23.8 Å². The van der Waals surface area contributed by atoms with Gasteiger partial charge in [-0.25, -0.2) is 9.59 Å². The molecule has 0 radical (unpaired) electrons. The highest BCUT2D eigenvalue weighted by atomic mass is 16.5. The monoisotopic (exact) mass is 360 g/mol. The summed E-state index contributed by atoms with van der Waals surface area (Å²) in [4.78, 5) is 48.4. The van der Waals surface area contributed by atoms with Crippen molar-refractivity contribution in [2.45, 2.75) is 6.92 Å². The van der Waals surface area contributed by atoms with E-state index in [1.165, 1.54) is 14.0 Å². The lowest BCUT2D eigenvalue weighted by atomic mass is 10.2. The average Bonchev–Trinajstić information content (AvgIpc) is 2.65. The van der Waals surface area contributed by atoms with Crippen LogP contribution in [-0.2, 0) is 23.9 Å². The van der Waals surface area contributed by atoms with Gasteiger partial charge in [0, 0.05) is 24.4 Å². The van der Waals surface area contributed by atoms with E-state index in [4.69, 9.17) is 0 Å². The Hall–Kier alpha value is -3.42. The standard InChI is InChI=1S/C18H20N2O6/c1-12(19-14(18(24)26-4)11-16(22)25-3)10-15(21)20(2)17(23)13-8-6-5-7-9-13/h5-11,19H,1-4H3/b12-10-,14-11+. The minimum Gasteiger partial charge on any atom is -0.466 e. The number of imide groups is 1. The van der Waals surface area contributed by atoms with E-state index < -0.39 is 23.8 Å². The van der Waals surface area contributed by atoms with Crippen molar-refractivity contribution in [2.24, 2.45) is 0 Å². The molecule has 0 spiro atoms. The second-order valence-electron chi connectivity index (χ2n) is 5.09. The molecule has 0 aliphatic rings. The number of nitrogens with one attached hydrogen (secondary N) is 1. The van der Waals surface area contributed by atoms with Crippen LogP contribution in [0.1, 0.15) is 17.3 Å². The molecule has 0 unspecified atom stereocenters. The summed E-state index contributed by atoms with van der Waals surface area (Å²) < 4.78 is 9.01. The van der Waals surface area contributed by atoms with Gasteiger partial charge in [-0.3, -0.25) is 14.5 Å². The Kier molecular flexibility index (Phi) is 7.75. The second kappa shape index (κ2) is 9.77. The van der Waals surface area contributed by atoms with Crippen molar-refractivity contribution in [2.75, 3.05) is 21.3 Å². The number of nitrogens with zero attached hydrogens (tertiary/aromatic N) is 1. The summed E-state index contributed by atoms with van der Waals surface area (Å²) in [6, 6.07) is 8.32. The summed E-state index contributed by atoms with van der Waals surface area (Å²) in [5.41, 5.74) is 0.379. The number of amides is 2. The van der Waals surface area contributed by atoms with Crippen molar-refractivity contribution in [1.29, 1.82) is 0 Å². The van der Waals surface area contributed by atoms with E-state index >= 15 is 0 Å². The first-order valence-electron chi connectivity index (χ1n) is 7.50. The molecule has 0 aromatic heterocycles. The molecule has 0 aliphatic heterocycles. The summed E-state index contributed by atoms with van der Waals surface area (Å²) in [6.45, 7) is 1.49. The molecule has 1 rings (SSSR count). The van der Waals surface area contributed by atoms with E-state index in [-0.39, 0.29) is 11.4 Å². The molecular formula is C18H20N2O6. The minimum absolute atomic E-state index is 0.210. The highest BCUT2D eigenvalue weighted by Crippen LogP contribution is 2.05. The fourth-order valence-corrected chi connectivity index (χ4v) is 1.84. The minimum atomic E-state index is -0.815. The lowest BCUT2D eigenvalue weighted by Gasteiger charge is -2.14. The molecule has 8 nitrogen and oxygen atoms in total. The number of likely N-dealkylation sites (N-methyl/N-ethyl adjacent to an activating group) is 1. The summed E-state index contributed by atoms with van der Waals surface area (Å²) in [5, 5.41) is 2.59. The molecule has 1 aromatic carbocycles. The van der Waals surface area contributed by atoms with Gasteiger partial charge in [-0.05, 0) is 19.1 Å². The first-order chi connectivity index (χ1) is 12.3. The molecule has 1 aromatic rings. The number of hydrogen-bond donors (Lipinski definition) is 1. The molecule has 0 atom stereocenters. The zero-order valence-corrected chi connectivity index (χ0v) is 14.9. The van der Waals surface area contributed by atoms with Crippen LogP contribution in [-0.4, -0.2) is 49.9 Å². The Labute approximate surface area is 151 Å². The van der Waals surface area contributed by atoms with Gasteiger partial charge in [-0.2, -0.15) is 0 Å². The number of benzene rings is 1. The second-order valence-corrected chi connectivity index (χ2v) is 5.09. The predicted molar refractivity (Wildman–Crippen MR) is 92.6 cm³/mol. The van der Waals surface area contributed by atoms with Gasteiger partial charge in [0.05, 0.1) is 20.3 Å². The van der Waals surface area contributed by atoms with E-state index in [1.807, 2.05) is 0 Å².